The van der Waals surface area contributed by atoms with Gasteiger partial charge >= 0.3 is 6.01 Å². The van der Waals surface area contributed by atoms with E-state index in [-0.39, 0.29) is 23.9 Å². The number of hydrogen-bond acceptors (Lipinski definition) is 8. The van der Waals surface area contributed by atoms with Gasteiger partial charge in [-0.05, 0) is 20.3 Å². The second-order valence-electron chi connectivity index (χ2n) is 8.84. The number of anilines is 3. The zero-order valence-corrected chi connectivity index (χ0v) is 19.6. The Kier molecular flexibility index (Phi) is 6.35. The minimum atomic E-state index is -0.637. The molecule has 1 aliphatic carbocycles. The first kappa shape index (κ1) is 23.2. The van der Waals surface area contributed by atoms with Crippen molar-refractivity contribution in [3.05, 3.63) is 52.2 Å². The summed E-state index contributed by atoms with van der Waals surface area (Å²) in [7, 11) is 0. The number of β-amino-alcohol motifs (C(OH)–C–C–N with tert-alkyl or cyclic N) is 1. The van der Waals surface area contributed by atoms with Crippen molar-refractivity contribution in [3.63, 3.8) is 0 Å². The summed E-state index contributed by atoms with van der Waals surface area (Å²) in [6.07, 6.45) is 2.01. The van der Waals surface area contributed by atoms with E-state index in [1.54, 1.807) is 12.1 Å². The number of nitrogens with one attached hydrogen (secondary N) is 2. The first-order valence-electron chi connectivity index (χ1n) is 11.5. The number of hydrogen-bond donors (Lipinski definition) is 3. The molecule has 1 aromatic carbocycles. The highest BCUT2D eigenvalue weighted by molar-refractivity contribution is 5.66. The van der Waals surface area contributed by atoms with Gasteiger partial charge in [-0.25, -0.2) is 8.78 Å². The van der Waals surface area contributed by atoms with E-state index in [4.69, 9.17) is 4.74 Å². The molecule has 2 aromatic heterocycles. The summed E-state index contributed by atoms with van der Waals surface area (Å²) in [5.41, 5.74) is 2.30. The second kappa shape index (κ2) is 9.59. The van der Waals surface area contributed by atoms with Gasteiger partial charge in [0.1, 0.15) is 17.5 Å². The van der Waals surface area contributed by atoms with Gasteiger partial charge in [0, 0.05) is 67.7 Å². The number of fused-ring (bicyclic) bond motifs is 1. The van der Waals surface area contributed by atoms with Crippen LogP contribution in [-0.2, 0) is 6.42 Å². The molecule has 3 aromatic rings. The standard InChI is InChI=1S/C24H27F2N7O2/c1-14-9-16-17(10-14)23(26)19(12-18(16)25)35-24-28-20(27-21-11-15(2)30-31-21)13-22(29-24)33-5-3-32(4-6-33)7-8-34/h10-13,34H,3-9H2,1-2H3,(H2,27,28,29,30,31). The zero-order valence-electron chi connectivity index (χ0n) is 19.6. The van der Waals surface area contributed by atoms with Gasteiger partial charge < -0.3 is 20.1 Å². The second-order valence-corrected chi connectivity index (χ2v) is 8.84. The predicted molar refractivity (Wildman–Crippen MR) is 128 cm³/mol. The van der Waals surface area contributed by atoms with Crippen LogP contribution in [0.2, 0.25) is 0 Å². The van der Waals surface area contributed by atoms with E-state index < -0.39 is 11.6 Å². The zero-order chi connectivity index (χ0) is 24.5. The van der Waals surface area contributed by atoms with Crippen LogP contribution in [0, 0.1) is 18.6 Å². The number of benzene rings is 1. The first-order valence-corrected chi connectivity index (χ1v) is 11.5. The van der Waals surface area contributed by atoms with Crippen LogP contribution in [0.5, 0.6) is 11.8 Å². The minimum absolute atomic E-state index is 0.105. The van der Waals surface area contributed by atoms with E-state index in [2.05, 4.69) is 35.3 Å². The van der Waals surface area contributed by atoms with Crippen LogP contribution in [0.1, 0.15) is 23.7 Å². The summed E-state index contributed by atoms with van der Waals surface area (Å²) in [4.78, 5) is 13.1. The van der Waals surface area contributed by atoms with Gasteiger partial charge in [-0.2, -0.15) is 15.1 Å². The number of piperazine rings is 1. The average molecular weight is 484 g/mol. The SMILES string of the molecule is CC1=Cc2c(F)c(Oc3nc(Nc4cc(C)[nH]n4)cc(N4CCN(CCO)CC4)n3)cc(F)c2C1. The van der Waals surface area contributed by atoms with Crippen LogP contribution in [0.3, 0.4) is 0 Å². The fourth-order valence-electron chi connectivity index (χ4n) is 4.38. The van der Waals surface area contributed by atoms with Crippen molar-refractivity contribution >= 4 is 23.5 Å². The van der Waals surface area contributed by atoms with Gasteiger partial charge in [-0.3, -0.25) is 10.00 Å². The molecule has 0 unspecified atom stereocenters. The number of aryl methyl sites for hydroxylation is 1. The summed E-state index contributed by atoms with van der Waals surface area (Å²) in [5.74, 6) is 0.131. The van der Waals surface area contributed by atoms with E-state index in [1.807, 2.05) is 19.9 Å². The van der Waals surface area contributed by atoms with Crippen LogP contribution in [0.15, 0.2) is 23.8 Å². The molecule has 35 heavy (non-hydrogen) atoms. The lowest BCUT2D eigenvalue weighted by molar-refractivity contribution is 0.188. The molecule has 1 aliphatic heterocycles. The summed E-state index contributed by atoms with van der Waals surface area (Å²) < 4.78 is 35.6. The molecule has 0 bridgehead atoms. The number of rotatable bonds is 7. The largest absolute Gasteiger partial charge is 0.421 e. The van der Waals surface area contributed by atoms with Gasteiger partial charge in [-0.1, -0.05) is 11.6 Å². The third kappa shape index (κ3) is 4.96. The summed E-state index contributed by atoms with van der Waals surface area (Å²) >= 11 is 0. The number of aliphatic hydroxyl groups excluding tert-OH is 1. The van der Waals surface area contributed by atoms with Crippen LogP contribution in [0.25, 0.3) is 6.08 Å². The van der Waals surface area contributed by atoms with Crippen LogP contribution < -0.4 is 15.0 Å². The Labute approximate surface area is 201 Å². The highest BCUT2D eigenvalue weighted by atomic mass is 19.1. The number of aliphatic hydroxyl groups is 1. The molecule has 2 aliphatic rings. The smallest absolute Gasteiger partial charge is 0.326 e. The average Bonchev–Trinajstić information content (AvgIpc) is 3.43. The lowest BCUT2D eigenvalue weighted by atomic mass is 10.1. The van der Waals surface area contributed by atoms with Crippen molar-refractivity contribution < 1.29 is 18.6 Å². The molecular formula is C24H27F2N7O2. The molecule has 3 N–H and O–H groups in total. The number of H-pyrrole nitrogens is 1. The number of aromatic nitrogens is 4. The van der Waals surface area contributed by atoms with E-state index in [9.17, 15) is 9.50 Å². The number of ether oxygens (including phenoxy) is 1. The molecule has 0 atom stereocenters. The fraction of sp³-hybridized carbons (Fsp3) is 0.375. The number of nitrogens with zero attached hydrogens (tertiary/aromatic N) is 5. The maximum Gasteiger partial charge on any atom is 0.326 e. The van der Waals surface area contributed by atoms with E-state index in [0.717, 1.165) is 30.4 Å². The summed E-state index contributed by atoms with van der Waals surface area (Å²) in [5, 5.41) is 19.3. The van der Waals surface area contributed by atoms with Crippen molar-refractivity contribution in [2.45, 2.75) is 20.3 Å². The van der Waals surface area contributed by atoms with Gasteiger partial charge in [0.25, 0.3) is 0 Å². The maximum absolute atomic E-state index is 15.2. The Balaban J connectivity index is 1.46. The molecule has 3 heterocycles. The third-order valence-electron chi connectivity index (χ3n) is 6.14. The summed E-state index contributed by atoms with van der Waals surface area (Å²) in [6, 6.07) is 4.53. The van der Waals surface area contributed by atoms with Gasteiger partial charge in [0.15, 0.2) is 17.4 Å². The highest BCUT2D eigenvalue weighted by Crippen LogP contribution is 2.36. The van der Waals surface area contributed by atoms with Gasteiger partial charge in [0.05, 0.1) is 6.61 Å². The Morgan fingerprint density at radius 2 is 1.89 bits per heavy atom. The van der Waals surface area contributed by atoms with E-state index >= 15 is 4.39 Å². The van der Waals surface area contributed by atoms with Crippen LogP contribution >= 0.6 is 0 Å². The Hall–Kier alpha value is -3.57. The van der Waals surface area contributed by atoms with Crippen molar-refractivity contribution in [2.75, 3.05) is 49.5 Å². The molecule has 0 amide bonds. The molecule has 0 saturated carbocycles. The molecule has 1 fully saturated rings. The van der Waals surface area contributed by atoms with Crippen LogP contribution in [0.4, 0.5) is 26.2 Å². The van der Waals surface area contributed by atoms with E-state index in [0.29, 0.717) is 49.1 Å². The lowest BCUT2D eigenvalue weighted by Gasteiger charge is -2.35. The summed E-state index contributed by atoms with van der Waals surface area (Å²) in [6.45, 7) is 7.34. The number of allylic oxidation sites excluding steroid dienone is 1. The maximum atomic E-state index is 15.2. The molecule has 184 valence electrons. The normalized spacial score (nSPS) is 15.8. The highest BCUT2D eigenvalue weighted by Gasteiger charge is 2.24. The predicted octanol–water partition coefficient (Wildman–Crippen LogP) is 3.40. The quantitative estimate of drug-likeness (QED) is 0.470. The Morgan fingerprint density at radius 3 is 2.60 bits per heavy atom. The third-order valence-corrected chi connectivity index (χ3v) is 6.14. The number of halogens is 2. The monoisotopic (exact) mass is 483 g/mol. The topological polar surface area (TPSA) is 102 Å². The number of aromatic amines is 1. The Morgan fingerprint density at radius 1 is 1.09 bits per heavy atom. The van der Waals surface area contributed by atoms with Gasteiger partial charge in [0.2, 0.25) is 0 Å². The van der Waals surface area contributed by atoms with Crippen molar-refractivity contribution in [1.82, 2.24) is 25.1 Å². The molecule has 9 nitrogen and oxygen atoms in total. The molecule has 1 saturated heterocycles. The molecule has 11 heteroatoms. The molecule has 0 radical (unpaired) electrons. The van der Waals surface area contributed by atoms with Crippen molar-refractivity contribution in [3.8, 4) is 11.8 Å². The van der Waals surface area contributed by atoms with Crippen molar-refractivity contribution in [2.24, 2.45) is 0 Å². The fourth-order valence-corrected chi connectivity index (χ4v) is 4.38. The first-order chi connectivity index (χ1) is 16.9. The van der Waals surface area contributed by atoms with Gasteiger partial charge in [-0.15, -0.1) is 0 Å². The van der Waals surface area contributed by atoms with E-state index in [1.165, 1.54) is 0 Å². The lowest BCUT2D eigenvalue weighted by Crippen LogP contribution is -2.47. The molecule has 0 spiro atoms. The Bertz CT molecular complexity index is 1270. The molecular weight excluding hydrogens is 456 g/mol. The minimum Gasteiger partial charge on any atom is -0.421 e. The molecule has 5 rings (SSSR count). The van der Waals surface area contributed by atoms with Crippen molar-refractivity contribution in [1.29, 1.82) is 0 Å². The van der Waals surface area contributed by atoms with Crippen LogP contribution in [-0.4, -0.2) is 69.5 Å².